The van der Waals surface area contributed by atoms with E-state index in [0.29, 0.717) is 11.1 Å². The molecular weight excluding hydrogens is 359 g/mol. The molecule has 0 spiro atoms. The number of rotatable bonds is 4. The quantitative estimate of drug-likeness (QED) is 0.827. The van der Waals surface area contributed by atoms with E-state index in [4.69, 9.17) is 4.74 Å². The van der Waals surface area contributed by atoms with Gasteiger partial charge in [-0.05, 0) is 29.8 Å². The molecule has 28 heavy (non-hydrogen) atoms. The first-order valence-corrected chi connectivity index (χ1v) is 8.77. The van der Waals surface area contributed by atoms with Gasteiger partial charge in [-0.15, -0.1) is 0 Å². The Kier molecular flexibility index (Phi) is 6.06. The highest BCUT2D eigenvalue weighted by molar-refractivity contribution is 5.80. The van der Waals surface area contributed by atoms with Crippen LogP contribution in [0.5, 0.6) is 0 Å². The minimum Gasteiger partial charge on any atom is -0.394 e. The molecule has 3 rings (SSSR count). The van der Waals surface area contributed by atoms with Crippen LogP contribution < -0.4 is 0 Å². The highest BCUT2D eigenvalue weighted by Crippen LogP contribution is 2.40. The molecule has 1 fully saturated rings. The van der Waals surface area contributed by atoms with Crippen LogP contribution in [0.4, 0.5) is 4.39 Å². The molecule has 0 aromatic heterocycles. The van der Waals surface area contributed by atoms with E-state index in [0.717, 1.165) is 5.56 Å². The van der Waals surface area contributed by atoms with E-state index in [-0.39, 0.29) is 30.9 Å². The Morgan fingerprint density at radius 2 is 1.93 bits per heavy atom. The summed E-state index contributed by atoms with van der Waals surface area (Å²) in [4.78, 5) is 13.5. The van der Waals surface area contributed by atoms with Crippen LogP contribution in [0.2, 0.25) is 0 Å². The summed E-state index contributed by atoms with van der Waals surface area (Å²) < 4.78 is 18.5. The van der Waals surface area contributed by atoms with Gasteiger partial charge >= 0.3 is 0 Å². The largest absolute Gasteiger partial charge is 0.394 e. The Bertz CT molecular complexity index is 956. The second-order valence-corrected chi connectivity index (χ2v) is 6.44. The molecule has 1 heterocycles. The number of benzene rings is 2. The van der Waals surface area contributed by atoms with Gasteiger partial charge in [0.15, 0.2) is 0 Å². The Morgan fingerprint density at radius 1 is 1.21 bits per heavy atom. The third kappa shape index (κ3) is 3.75. The maximum absolute atomic E-state index is 13.6. The minimum atomic E-state index is -0.657. The van der Waals surface area contributed by atoms with Gasteiger partial charge in [0, 0.05) is 18.6 Å². The molecule has 0 saturated carbocycles. The smallest absolute Gasteiger partial charge is 0.249 e. The van der Waals surface area contributed by atoms with Crippen LogP contribution in [0, 0.1) is 29.0 Å². The van der Waals surface area contributed by atoms with Gasteiger partial charge in [0.25, 0.3) is 0 Å². The van der Waals surface area contributed by atoms with Gasteiger partial charge in [-0.25, -0.2) is 4.39 Å². The standard InChI is InChI=1S/C22H19FN2O3/c1-28-14-21(27)25-19(12-24)22(20(25)13-26)17-10-7-15(8-11-17)6-9-16-4-2-3-5-18(16)23/h2-5,7-8,10-11,19-20,22,26H,13-14H2,1H3/t19-,20-,22+/m1/s1. The first kappa shape index (κ1) is 19.6. The lowest BCUT2D eigenvalue weighted by atomic mass is 9.75. The summed E-state index contributed by atoms with van der Waals surface area (Å²) in [7, 11) is 1.41. The van der Waals surface area contributed by atoms with E-state index in [1.165, 1.54) is 18.1 Å². The number of methoxy groups -OCH3 is 1. The topological polar surface area (TPSA) is 73.6 Å². The molecule has 2 aromatic carbocycles. The zero-order chi connectivity index (χ0) is 20.1. The van der Waals surface area contributed by atoms with Crippen LogP contribution in [-0.4, -0.2) is 48.3 Å². The maximum atomic E-state index is 13.6. The molecule has 1 aliphatic heterocycles. The number of aliphatic hydroxyl groups excluding tert-OH is 1. The third-order valence-corrected chi connectivity index (χ3v) is 4.80. The van der Waals surface area contributed by atoms with Crippen molar-refractivity contribution in [2.24, 2.45) is 0 Å². The molecule has 0 aliphatic carbocycles. The molecule has 6 heteroatoms. The fourth-order valence-electron chi connectivity index (χ4n) is 3.44. The zero-order valence-electron chi connectivity index (χ0n) is 15.3. The van der Waals surface area contributed by atoms with Crippen LogP contribution in [0.3, 0.4) is 0 Å². The van der Waals surface area contributed by atoms with E-state index in [2.05, 4.69) is 17.9 Å². The highest BCUT2D eigenvalue weighted by Gasteiger charge is 2.51. The van der Waals surface area contributed by atoms with Crippen molar-refractivity contribution >= 4 is 5.91 Å². The van der Waals surface area contributed by atoms with Gasteiger partial charge in [0.05, 0.1) is 24.3 Å². The van der Waals surface area contributed by atoms with Crippen molar-refractivity contribution in [3.05, 3.63) is 71.0 Å². The molecule has 1 aliphatic rings. The normalized spacial score (nSPS) is 20.5. The average molecular weight is 378 g/mol. The molecule has 142 valence electrons. The number of likely N-dealkylation sites (tertiary alicyclic amines) is 1. The summed E-state index contributed by atoms with van der Waals surface area (Å²) in [6, 6.07) is 14.5. The lowest BCUT2D eigenvalue weighted by Gasteiger charge is -2.51. The fourth-order valence-corrected chi connectivity index (χ4v) is 3.44. The Hall–Kier alpha value is -3.19. The van der Waals surface area contributed by atoms with Crippen molar-refractivity contribution < 1.29 is 19.0 Å². The average Bonchev–Trinajstić information content (AvgIpc) is 2.68. The second kappa shape index (κ2) is 8.67. The molecule has 2 aromatic rings. The molecule has 1 saturated heterocycles. The number of hydrogen-bond donors (Lipinski definition) is 1. The number of ether oxygens (including phenoxy) is 1. The highest BCUT2D eigenvalue weighted by atomic mass is 19.1. The number of carbonyl (C=O) groups excluding carboxylic acids is 1. The van der Waals surface area contributed by atoms with Gasteiger partial charge in [0.1, 0.15) is 18.5 Å². The van der Waals surface area contributed by atoms with E-state index in [9.17, 15) is 19.6 Å². The molecule has 1 N–H and O–H groups in total. The number of amides is 1. The van der Waals surface area contributed by atoms with Gasteiger partial charge in [-0.3, -0.25) is 4.79 Å². The first-order valence-electron chi connectivity index (χ1n) is 8.77. The molecule has 3 atom stereocenters. The third-order valence-electron chi connectivity index (χ3n) is 4.80. The lowest BCUT2D eigenvalue weighted by Crippen LogP contribution is -2.65. The number of halogens is 1. The number of carbonyl (C=O) groups is 1. The SMILES string of the molecule is COCC(=O)N1[C@H](C#N)[C@H](c2ccc(C#Cc3ccccc3F)cc2)[C@H]1CO. The Morgan fingerprint density at radius 3 is 2.54 bits per heavy atom. The van der Waals surface area contributed by atoms with Gasteiger partial charge in [-0.2, -0.15) is 5.26 Å². The summed E-state index contributed by atoms with van der Waals surface area (Å²) in [5, 5.41) is 19.2. The number of nitrogens with zero attached hydrogens (tertiary/aromatic N) is 2. The zero-order valence-corrected chi connectivity index (χ0v) is 15.3. The summed E-state index contributed by atoms with van der Waals surface area (Å²) in [6.07, 6.45) is 0. The van der Waals surface area contributed by atoms with Crippen LogP contribution in [-0.2, 0) is 9.53 Å². The molecule has 0 radical (unpaired) electrons. The Balaban J connectivity index is 1.79. The van der Waals surface area contributed by atoms with Crippen molar-refractivity contribution in [3.63, 3.8) is 0 Å². The molecular formula is C22H19FN2O3. The van der Waals surface area contributed by atoms with Crippen LogP contribution in [0.25, 0.3) is 0 Å². The maximum Gasteiger partial charge on any atom is 0.249 e. The Labute approximate surface area is 163 Å². The van der Waals surface area contributed by atoms with Crippen LogP contribution in [0.1, 0.15) is 22.6 Å². The van der Waals surface area contributed by atoms with E-state index >= 15 is 0 Å². The van der Waals surface area contributed by atoms with Crippen molar-refractivity contribution in [2.45, 2.75) is 18.0 Å². The fraction of sp³-hybridized carbons (Fsp3) is 0.273. The number of hydrogen-bond acceptors (Lipinski definition) is 4. The van der Waals surface area contributed by atoms with Gasteiger partial charge < -0.3 is 14.7 Å². The molecule has 0 bridgehead atoms. The van der Waals surface area contributed by atoms with Crippen LogP contribution >= 0.6 is 0 Å². The predicted octanol–water partition coefficient (Wildman–Crippen LogP) is 2.05. The van der Waals surface area contributed by atoms with E-state index in [1.54, 1.807) is 30.3 Å². The van der Waals surface area contributed by atoms with Gasteiger partial charge in [0.2, 0.25) is 5.91 Å². The summed E-state index contributed by atoms with van der Waals surface area (Å²) in [6.45, 7) is -0.376. The second-order valence-electron chi connectivity index (χ2n) is 6.44. The van der Waals surface area contributed by atoms with Gasteiger partial charge in [-0.1, -0.05) is 36.1 Å². The molecule has 5 nitrogen and oxygen atoms in total. The minimum absolute atomic E-state index is 0.133. The monoisotopic (exact) mass is 378 g/mol. The summed E-state index contributed by atoms with van der Waals surface area (Å²) in [5.41, 5.74) is 1.86. The number of nitriles is 1. The summed E-state index contributed by atoms with van der Waals surface area (Å²) >= 11 is 0. The van der Waals surface area contributed by atoms with Crippen molar-refractivity contribution in [3.8, 4) is 17.9 Å². The lowest BCUT2D eigenvalue weighted by molar-refractivity contribution is -0.150. The van der Waals surface area contributed by atoms with E-state index in [1.807, 2.05) is 12.1 Å². The van der Waals surface area contributed by atoms with Crippen molar-refractivity contribution in [1.82, 2.24) is 4.90 Å². The summed E-state index contributed by atoms with van der Waals surface area (Å²) in [5.74, 6) is 4.73. The van der Waals surface area contributed by atoms with E-state index < -0.39 is 12.1 Å². The predicted molar refractivity (Wildman–Crippen MR) is 101 cm³/mol. The molecule has 1 amide bonds. The van der Waals surface area contributed by atoms with Crippen LogP contribution in [0.15, 0.2) is 48.5 Å². The number of aliphatic hydroxyl groups is 1. The molecule has 0 unspecified atom stereocenters. The first-order chi connectivity index (χ1) is 13.6. The van der Waals surface area contributed by atoms with Crippen molar-refractivity contribution in [1.29, 1.82) is 5.26 Å². The van der Waals surface area contributed by atoms with Crippen molar-refractivity contribution in [2.75, 3.05) is 20.3 Å².